The van der Waals surface area contributed by atoms with Crippen LogP contribution in [0.2, 0.25) is 0 Å². The fourth-order valence-corrected chi connectivity index (χ4v) is 3.86. The molecule has 0 bridgehead atoms. The molecule has 2 aromatic rings. The van der Waals surface area contributed by atoms with Gasteiger partial charge in [0.2, 0.25) is 0 Å². The lowest BCUT2D eigenvalue weighted by Gasteiger charge is -2.28. The Kier molecular flexibility index (Phi) is 8.48. The van der Waals surface area contributed by atoms with Crippen LogP contribution in [-0.4, -0.2) is 19.3 Å². The number of hydrogen-bond donors (Lipinski definition) is 0. The summed E-state index contributed by atoms with van der Waals surface area (Å²) in [6, 6.07) is 11.9. The first kappa shape index (κ1) is 21.8. The first-order valence-corrected chi connectivity index (χ1v) is 10.9. The summed E-state index contributed by atoms with van der Waals surface area (Å²) in [6.45, 7) is 3.57. The van der Waals surface area contributed by atoms with Crippen LogP contribution in [0.25, 0.3) is 11.1 Å². The van der Waals surface area contributed by atoms with Crippen molar-refractivity contribution in [3.63, 3.8) is 0 Å². The molecule has 1 aliphatic carbocycles. The highest BCUT2D eigenvalue weighted by Crippen LogP contribution is 2.31. The van der Waals surface area contributed by atoms with Crippen molar-refractivity contribution in [3.8, 4) is 16.9 Å². The maximum atomic E-state index is 14.8. The summed E-state index contributed by atoms with van der Waals surface area (Å²) in [5.41, 5.74) is 1.03. The zero-order chi connectivity index (χ0) is 20.5. The number of hydrogen-bond acceptors (Lipinski definition) is 2. The molecule has 0 atom stereocenters. The van der Waals surface area contributed by atoms with Crippen LogP contribution >= 0.6 is 0 Å². The van der Waals surface area contributed by atoms with Crippen LogP contribution in [-0.2, 0) is 4.74 Å². The third-order valence-corrected chi connectivity index (χ3v) is 5.66. The van der Waals surface area contributed by atoms with Crippen molar-refractivity contribution in [1.82, 2.24) is 0 Å². The van der Waals surface area contributed by atoms with Crippen LogP contribution in [0.3, 0.4) is 0 Å². The Morgan fingerprint density at radius 3 is 2.45 bits per heavy atom. The predicted octanol–water partition coefficient (Wildman–Crippen LogP) is 6.97. The summed E-state index contributed by atoms with van der Waals surface area (Å²) in [4.78, 5) is 0. The van der Waals surface area contributed by atoms with Crippen molar-refractivity contribution >= 4 is 0 Å². The molecule has 0 spiro atoms. The molecule has 1 radical (unpaired) electrons. The SMILES string of the molecule is CCCCCCO[C@H]1CC[C@H](COc2[c]ccc(-c3ccc(F)cc3)c2F)CC1. The van der Waals surface area contributed by atoms with E-state index in [1.54, 1.807) is 24.3 Å². The van der Waals surface area contributed by atoms with Gasteiger partial charge in [-0.15, -0.1) is 0 Å². The standard InChI is InChI=1S/C25H31F2O2/c1-2-3-4-5-17-28-22-15-9-19(10-16-22)18-29-24-8-6-7-23(25(24)27)20-11-13-21(26)14-12-20/h6-7,11-14,19,22H,2-5,9-10,15-18H2,1H3/t19-,22-. The molecule has 2 aromatic carbocycles. The lowest BCUT2D eigenvalue weighted by atomic mass is 9.88. The second kappa shape index (κ2) is 11.3. The smallest absolute Gasteiger partial charge is 0.173 e. The second-order valence-corrected chi connectivity index (χ2v) is 7.93. The van der Waals surface area contributed by atoms with Crippen molar-refractivity contribution in [1.29, 1.82) is 0 Å². The van der Waals surface area contributed by atoms with Gasteiger partial charge < -0.3 is 9.47 Å². The van der Waals surface area contributed by atoms with Crippen molar-refractivity contribution in [2.45, 2.75) is 64.4 Å². The summed E-state index contributed by atoms with van der Waals surface area (Å²) in [7, 11) is 0. The molecule has 0 N–H and O–H groups in total. The molecule has 29 heavy (non-hydrogen) atoms. The van der Waals surface area contributed by atoms with Gasteiger partial charge in [-0.3, -0.25) is 0 Å². The molecule has 2 nitrogen and oxygen atoms in total. The Labute approximate surface area is 173 Å². The minimum Gasteiger partial charge on any atom is -0.490 e. The zero-order valence-electron chi connectivity index (χ0n) is 17.3. The van der Waals surface area contributed by atoms with E-state index in [1.165, 1.54) is 31.4 Å². The minimum atomic E-state index is -0.441. The van der Waals surface area contributed by atoms with Crippen LogP contribution in [0, 0.1) is 23.6 Å². The van der Waals surface area contributed by atoms with E-state index in [1.807, 2.05) is 0 Å². The normalized spacial score (nSPS) is 19.3. The maximum Gasteiger partial charge on any atom is 0.173 e. The minimum absolute atomic E-state index is 0.140. The van der Waals surface area contributed by atoms with Crippen molar-refractivity contribution in [2.75, 3.05) is 13.2 Å². The largest absolute Gasteiger partial charge is 0.490 e. The van der Waals surface area contributed by atoms with Crippen LogP contribution < -0.4 is 4.74 Å². The quantitative estimate of drug-likeness (QED) is 0.400. The van der Waals surface area contributed by atoms with Gasteiger partial charge in [-0.05, 0) is 61.8 Å². The molecular formula is C25H31F2O2. The Hall–Kier alpha value is -1.94. The molecule has 0 unspecified atom stereocenters. The van der Waals surface area contributed by atoms with Gasteiger partial charge in [0.1, 0.15) is 5.82 Å². The lowest BCUT2D eigenvalue weighted by Crippen LogP contribution is -2.25. The van der Waals surface area contributed by atoms with E-state index in [2.05, 4.69) is 13.0 Å². The average molecular weight is 402 g/mol. The number of ether oxygens (including phenoxy) is 2. The van der Waals surface area contributed by atoms with Gasteiger partial charge in [0.15, 0.2) is 11.6 Å². The van der Waals surface area contributed by atoms with Crippen molar-refractivity contribution in [3.05, 3.63) is 54.1 Å². The molecule has 4 heteroatoms. The van der Waals surface area contributed by atoms with E-state index < -0.39 is 5.82 Å². The van der Waals surface area contributed by atoms with Crippen LogP contribution in [0.15, 0.2) is 36.4 Å². The van der Waals surface area contributed by atoms with Gasteiger partial charge in [-0.2, -0.15) is 0 Å². The fraction of sp³-hybridized carbons (Fsp3) is 0.520. The highest BCUT2D eigenvalue weighted by Gasteiger charge is 2.22. The molecule has 1 aliphatic rings. The molecule has 0 saturated heterocycles. The van der Waals surface area contributed by atoms with Gasteiger partial charge >= 0.3 is 0 Å². The van der Waals surface area contributed by atoms with Crippen molar-refractivity contribution < 1.29 is 18.3 Å². The number of unbranched alkanes of at least 4 members (excludes halogenated alkanes) is 3. The lowest BCUT2D eigenvalue weighted by molar-refractivity contribution is 0.0109. The van der Waals surface area contributed by atoms with Crippen molar-refractivity contribution in [2.24, 2.45) is 5.92 Å². The summed E-state index contributed by atoms with van der Waals surface area (Å²) in [5.74, 6) is -0.227. The Morgan fingerprint density at radius 1 is 0.966 bits per heavy atom. The summed E-state index contributed by atoms with van der Waals surface area (Å²) in [5, 5.41) is 0. The zero-order valence-corrected chi connectivity index (χ0v) is 17.3. The van der Waals surface area contributed by atoms with Crippen LogP contribution in [0.4, 0.5) is 8.78 Å². The van der Waals surface area contributed by atoms with Crippen LogP contribution in [0.1, 0.15) is 58.3 Å². The third-order valence-electron chi connectivity index (χ3n) is 5.66. The first-order chi connectivity index (χ1) is 14.2. The molecule has 1 fully saturated rings. The monoisotopic (exact) mass is 401 g/mol. The molecule has 0 heterocycles. The van der Waals surface area contributed by atoms with Gasteiger partial charge in [0.05, 0.1) is 12.7 Å². The molecule has 1 saturated carbocycles. The first-order valence-electron chi connectivity index (χ1n) is 10.9. The predicted molar refractivity (Wildman–Crippen MR) is 112 cm³/mol. The summed E-state index contributed by atoms with van der Waals surface area (Å²) in [6.07, 6.45) is 9.46. The average Bonchev–Trinajstić information content (AvgIpc) is 2.74. The van der Waals surface area contributed by atoms with E-state index in [0.29, 0.717) is 29.8 Å². The summed E-state index contributed by atoms with van der Waals surface area (Å²) < 4.78 is 39.7. The maximum absolute atomic E-state index is 14.8. The van der Waals surface area contributed by atoms with E-state index in [0.717, 1.165) is 38.7 Å². The van der Waals surface area contributed by atoms with Gasteiger partial charge in [0.25, 0.3) is 0 Å². The molecule has 0 aliphatic heterocycles. The third kappa shape index (κ3) is 6.53. The van der Waals surface area contributed by atoms with E-state index >= 15 is 0 Å². The molecule has 0 amide bonds. The van der Waals surface area contributed by atoms with Gasteiger partial charge in [-0.1, -0.05) is 44.4 Å². The van der Waals surface area contributed by atoms with E-state index in [-0.39, 0.29) is 11.6 Å². The van der Waals surface area contributed by atoms with E-state index in [9.17, 15) is 8.78 Å². The highest BCUT2D eigenvalue weighted by atomic mass is 19.1. The summed E-state index contributed by atoms with van der Waals surface area (Å²) >= 11 is 0. The van der Waals surface area contributed by atoms with Crippen LogP contribution in [0.5, 0.6) is 5.75 Å². The Bertz CT molecular complexity index is 737. The Balaban J connectivity index is 1.45. The second-order valence-electron chi connectivity index (χ2n) is 7.93. The number of rotatable bonds is 10. The molecule has 3 rings (SSSR count). The molecular weight excluding hydrogens is 370 g/mol. The Morgan fingerprint density at radius 2 is 1.72 bits per heavy atom. The number of benzene rings is 2. The topological polar surface area (TPSA) is 18.5 Å². The molecule has 0 aromatic heterocycles. The fourth-order valence-electron chi connectivity index (χ4n) is 3.86. The molecule has 157 valence electrons. The highest BCUT2D eigenvalue weighted by molar-refractivity contribution is 5.65. The van der Waals surface area contributed by atoms with Gasteiger partial charge in [-0.25, -0.2) is 8.78 Å². The van der Waals surface area contributed by atoms with Gasteiger partial charge in [0, 0.05) is 18.2 Å². The van der Waals surface area contributed by atoms with E-state index in [4.69, 9.17) is 9.47 Å². The number of halogens is 2.